The number of nitrogens with one attached hydrogen (secondary N) is 2. The van der Waals surface area contributed by atoms with Gasteiger partial charge in [-0.05, 0) is 43.4 Å². The van der Waals surface area contributed by atoms with E-state index in [9.17, 15) is 14.4 Å². The van der Waals surface area contributed by atoms with E-state index in [-0.39, 0.29) is 29.8 Å². The molecule has 2 aliphatic carbocycles. The fourth-order valence-electron chi connectivity index (χ4n) is 5.14. The summed E-state index contributed by atoms with van der Waals surface area (Å²) in [6.07, 6.45) is 6.56. The van der Waals surface area contributed by atoms with E-state index in [0.717, 1.165) is 37.0 Å². The van der Waals surface area contributed by atoms with Crippen LogP contribution in [0.4, 0.5) is 4.79 Å². The summed E-state index contributed by atoms with van der Waals surface area (Å²) in [5.41, 5.74) is -0.825. The van der Waals surface area contributed by atoms with E-state index in [1.807, 2.05) is 0 Å². The van der Waals surface area contributed by atoms with Crippen molar-refractivity contribution in [3.63, 3.8) is 0 Å². The van der Waals surface area contributed by atoms with E-state index >= 15 is 0 Å². The molecule has 2 unspecified atom stereocenters. The first-order valence-electron chi connectivity index (χ1n) is 9.14. The normalized spacial score (nSPS) is 33.1. The van der Waals surface area contributed by atoms with Crippen molar-refractivity contribution < 1.29 is 14.4 Å². The van der Waals surface area contributed by atoms with E-state index in [2.05, 4.69) is 31.4 Å². The number of nitrogens with zero attached hydrogens (tertiary/aromatic N) is 1. The van der Waals surface area contributed by atoms with E-state index < -0.39 is 11.6 Å². The van der Waals surface area contributed by atoms with E-state index in [1.165, 1.54) is 0 Å². The van der Waals surface area contributed by atoms with Crippen molar-refractivity contribution >= 4 is 17.8 Å². The quantitative estimate of drug-likeness (QED) is 0.776. The molecule has 6 heteroatoms. The molecule has 4 amide bonds. The lowest BCUT2D eigenvalue weighted by Crippen LogP contribution is -2.54. The topological polar surface area (TPSA) is 78.5 Å². The summed E-state index contributed by atoms with van der Waals surface area (Å²) in [7, 11) is 0. The van der Waals surface area contributed by atoms with Crippen molar-refractivity contribution in [2.75, 3.05) is 6.54 Å². The van der Waals surface area contributed by atoms with Crippen molar-refractivity contribution in [2.45, 2.75) is 77.3 Å². The lowest BCUT2D eigenvalue weighted by Gasteiger charge is -2.43. The Balaban J connectivity index is 1.68. The van der Waals surface area contributed by atoms with Gasteiger partial charge in [0.05, 0.1) is 0 Å². The molecular weight excluding hydrogens is 306 g/mol. The summed E-state index contributed by atoms with van der Waals surface area (Å²) in [5.74, 6) is -0.0930. The zero-order valence-electron chi connectivity index (χ0n) is 15.0. The van der Waals surface area contributed by atoms with Gasteiger partial charge in [0.25, 0.3) is 5.91 Å². The highest BCUT2D eigenvalue weighted by Gasteiger charge is 2.56. The zero-order valence-corrected chi connectivity index (χ0v) is 15.0. The third-order valence-electron chi connectivity index (χ3n) is 5.65. The first-order chi connectivity index (χ1) is 11.2. The predicted molar refractivity (Wildman–Crippen MR) is 90.2 cm³/mol. The minimum Gasteiger partial charge on any atom is -0.352 e. The third-order valence-corrected chi connectivity index (χ3v) is 5.65. The van der Waals surface area contributed by atoms with Gasteiger partial charge in [0.2, 0.25) is 5.91 Å². The fraction of sp³-hybridized carbons (Fsp3) is 0.833. The second-order valence-corrected chi connectivity index (χ2v) is 8.81. The van der Waals surface area contributed by atoms with Gasteiger partial charge >= 0.3 is 6.03 Å². The minimum absolute atomic E-state index is 0.00270. The summed E-state index contributed by atoms with van der Waals surface area (Å²) < 4.78 is 0. The van der Waals surface area contributed by atoms with Crippen molar-refractivity contribution in [3.8, 4) is 0 Å². The molecular formula is C18H29N3O3. The van der Waals surface area contributed by atoms with Gasteiger partial charge in [-0.3, -0.25) is 14.5 Å². The van der Waals surface area contributed by atoms with Gasteiger partial charge in [-0.15, -0.1) is 0 Å². The average Bonchev–Trinajstić information content (AvgIpc) is 3.00. The monoisotopic (exact) mass is 335 g/mol. The van der Waals surface area contributed by atoms with Crippen LogP contribution in [0.2, 0.25) is 0 Å². The number of carbonyl (C=O) groups excluding carboxylic acids is 3. The molecule has 1 saturated heterocycles. The number of hydrogen-bond donors (Lipinski definition) is 2. The molecule has 3 aliphatic rings. The van der Waals surface area contributed by atoms with Gasteiger partial charge in [-0.1, -0.05) is 33.6 Å². The Morgan fingerprint density at radius 2 is 1.92 bits per heavy atom. The van der Waals surface area contributed by atoms with Crippen LogP contribution in [0.25, 0.3) is 0 Å². The molecule has 134 valence electrons. The van der Waals surface area contributed by atoms with Crippen molar-refractivity contribution in [3.05, 3.63) is 0 Å². The largest absolute Gasteiger partial charge is 0.352 e. The van der Waals surface area contributed by atoms with Gasteiger partial charge in [0, 0.05) is 6.04 Å². The molecule has 0 aromatic carbocycles. The molecule has 2 N–H and O–H groups in total. The van der Waals surface area contributed by atoms with Crippen LogP contribution >= 0.6 is 0 Å². The predicted octanol–water partition coefficient (Wildman–Crippen LogP) is 2.18. The maximum Gasteiger partial charge on any atom is 0.325 e. The Labute approximate surface area is 143 Å². The van der Waals surface area contributed by atoms with Crippen LogP contribution in [0.5, 0.6) is 0 Å². The molecule has 24 heavy (non-hydrogen) atoms. The van der Waals surface area contributed by atoms with Gasteiger partial charge in [0.15, 0.2) is 0 Å². The number of amides is 4. The maximum atomic E-state index is 13.0. The first kappa shape index (κ1) is 17.2. The van der Waals surface area contributed by atoms with Gasteiger partial charge in [-0.2, -0.15) is 0 Å². The molecule has 3 rings (SSSR count). The van der Waals surface area contributed by atoms with E-state index in [4.69, 9.17) is 0 Å². The first-order valence-corrected chi connectivity index (χ1v) is 9.14. The van der Waals surface area contributed by atoms with Crippen molar-refractivity contribution in [1.29, 1.82) is 0 Å². The van der Waals surface area contributed by atoms with Crippen LogP contribution in [-0.2, 0) is 9.59 Å². The van der Waals surface area contributed by atoms with E-state index in [0.29, 0.717) is 18.8 Å². The molecule has 1 aliphatic heterocycles. The number of rotatable bonds is 3. The zero-order chi connectivity index (χ0) is 17.5. The summed E-state index contributed by atoms with van der Waals surface area (Å²) in [5, 5.41) is 5.86. The molecule has 0 bridgehead atoms. The molecule has 1 heterocycles. The Morgan fingerprint density at radius 3 is 2.54 bits per heavy atom. The highest BCUT2D eigenvalue weighted by Crippen LogP contribution is 2.46. The fourth-order valence-corrected chi connectivity index (χ4v) is 5.14. The lowest BCUT2D eigenvalue weighted by molar-refractivity contribution is -0.137. The lowest BCUT2D eigenvalue weighted by atomic mass is 9.64. The molecule has 3 fully saturated rings. The summed E-state index contributed by atoms with van der Waals surface area (Å²) in [6.45, 7) is 6.23. The molecule has 0 radical (unpaired) electrons. The van der Waals surface area contributed by atoms with Crippen molar-refractivity contribution in [1.82, 2.24) is 15.5 Å². The standard InChI is InChI=1S/C18H29N3O3/c1-12-8-17(2,3)11-18(9-12)15(23)21(16(24)20-18)10-14(22)19-13-6-4-5-7-13/h12-13H,4-11H2,1-3H3,(H,19,22)(H,20,24). The molecule has 6 nitrogen and oxygen atoms in total. The van der Waals surface area contributed by atoms with E-state index in [1.54, 1.807) is 0 Å². The minimum atomic E-state index is -0.827. The second-order valence-electron chi connectivity index (χ2n) is 8.81. The average molecular weight is 335 g/mol. The van der Waals surface area contributed by atoms with Gasteiger partial charge in [0.1, 0.15) is 12.1 Å². The number of carbonyl (C=O) groups is 3. The maximum absolute atomic E-state index is 13.0. The summed E-state index contributed by atoms with van der Waals surface area (Å²) in [6, 6.07) is -0.229. The van der Waals surface area contributed by atoms with Gasteiger partial charge in [-0.25, -0.2) is 4.79 Å². The molecule has 0 aromatic heterocycles. The molecule has 2 saturated carbocycles. The Bertz CT molecular complexity index is 554. The SMILES string of the molecule is CC1CC(C)(C)CC2(C1)NC(=O)N(CC(=O)NC1CCCC1)C2=O. The van der Waals surface area contributed by atoms with Crippen LogP contribution in [0.15, 0.2) is 0 Å². The number of imide groups is 1. The Hall–Kier alpha value is -1.59. The summed E-state index contributed by atoms with van der Waals surface area (Å²) >= 11 is 0. The van der Waals surface area contributed by atoms with Crippen LogP contribution in [-0.4, -0.2) is 40.9 Å². The molecule has 0 aromatic rings. The molecule has 2 atom stereocenters. The summed E-state index contributed by atoms with van der Waals surface area (Å²) in [4.78, 5) is 38.7. The Morgan fingerprint density at radius 1 is 1.25 bits per heavy atom. The van der Waals surface area contributed by atoms with Gasteiger partial charge < -0.3 is 10.6 Å². The van der Waals surface area contributed by atoms with Crippen LogP contribution < -0.4 is 10.6 Å². The highest BCUT2D eigenvalue weighted by molar-refractivity contribution is 6.09. The van der Waals surface area contributed by atoms with Crippen LogP contribution in [0.3, 0.4) is 0 Å². The third kappa shape index (κ3) is 3.28. The second kappa shape index (κ2) is 6.05. The van der Waals surface area contributed by atoms with Crippen LogP contribution in [0, 0.1) is 11.3 Å². The Kier molecular flexibility index (Phi) is 4.34. The highest BCUT2D eigenvalue weighted by atomic mass is 16.2. The van der Waals surface area contributed by atoms with Crippen LogP contribution in [0.1, 0.15) is 65.7 Å². The van der Waals surface area contributed by atoms with Crippen molar-refractivity contribution in [2.24, 2.45) is 11.3 Å². The number of urea groups is 1. The number of hydrogen-bond acceptors (Lipinski definition) is 3. The smallest absolute Gasteiger partial charge is 0.325 e. The molecule has 1 spiro atoms.